The predicted octanol–water partition coefficient (Wildman–Crippen LogP) is 5.70. The van der Waals surface area contributed by atoms with Gasteiger partial charge in [0.1, 0.15) is 12.4 Å². The molecule has 0 aromatic rings. The number of hydrogen-bond acceptors (Lipinski definition) is 7. The largest absolute Gasteiger partial charge is 0.462 e. The van der Waals surface area contributed by atoms with Crippen LogP contribution in [0.4, 0.5) is 0 Å². The third kappa shape index (κ3) is 3.79. The van der Waals surface area contributed by atoms with Crippen LogP contribution in [0.5, 0.6) is 0 Å². The first kappa shape index (κ1) is 30.9. The van der Waals surface area contributed by atoms with E-state index in [0.717, 1.165) is 25.7 Å². The smallest absolute Gasteiger partial charge is 0.303 e. The summed E-state index contributed by atoms with van der Waals surface area (Å²) in [5.41, 5.74) is -0.293. The van der Waals surface area contributed by atoms with Crippen LogP contribution in [-0.2, 0) is 33.4 Å². The predicted molar refractivity (Wildman–Crippen MR) is 157 cm³/mol. The summed E-state index contributed by atoms with van der Waals surface area (Å²) in [5, 5.41) is 0. The van der Waals surface area contributed by atoms with E-state index in [2.05, 4.69) is 40.3 Å². The highest BCUT2D eigenvalue weighted by molar-refractivity contribution is 6.02. The summed E-state index contributed by atoms with van der Waals surface area (Å²) in [4.78, 5) is 62.7. The lowest BCUT2D eigenvalue weighted by Crippen LogP contribution is -2.56. The molecule has 2 spiro atoms. The minimum atomic E-state index is -1.13. The zero-order chi connectivity index (χ0) is 31.2. The number of fused-ring (bicyclic) bond motifs is 2. The molecular weight excluding hydrogens is 532 g/mol. The average Bonchev–Trinajstić information content (AvgIpc) is 3.36. The molecule has 5 aliphatic rings. The number of esters is 2. The van der Waals surface area contributed by atoms with Gasteiger partial charge in [-0.1, -0.05) is 54.2 Å². The highest BCUT2D eigenvalue weighted by atomic mass is 16.6. The van der Waals surface area contributed by atoms with Gasteiger partial charge in [-0.25, -0.2) is 0 Å². The summed E-state index contributed by atoms with van der Waals surface area (Å²) < 4.78 is 11.8. The van der Waals surface area contributed by atoms with E-state index in [-0.39, 0.29) is 50.8 Å². The Morgan fingerprint density at radius 1 is 1.05 bits per heavy atom. The minimum absolute atomic E-state index is 0.0210. The van der Waals surface area contributed by atoms with Gasteiger partial charge in [-0.15, -0.1) is 0 Å². The minimum Gasteiger partial charge on any atom is -0.462 e. The van der Waals surface area contributed by atoms with Crippen molar-refractivity contribution < 1.29 is 33.4 Å². The van der Waals surface area contributed by atoms with Crippen LogP contribution in [0.3, 0.4) is 0 Å². The molecule has 0 aliphatic heterocycles. The molecule has 13 atom stereocenters. The highest BCUT2D eigenvalue weighted by Crippen LogP contribution is 2.89. The summed E-state index contributed by atoms with van der Waals surface area (Å²) >= 11 is 0. The van der Waals surface area contributed by atoms with Crippen LogP contribution in [0.2, 0.25) is 0 Å². The van der Waals surface area contributed by atoms with E-state index >= 15 is 0 Å². The Morgan fingerprint density at radius 2 is 1.71 bits per heavy atom. The molecule has 5 aliphatic carbocycles. The molecule has 4 unspecified atom stereocenters. The Labute approximate surface area is 250 Å². The molecule has 4 saturated carbocycles. The molecule has 0 saturated heterocycles. The Kier molecular flexibility index (Phi) is 7.34. The number of aldehydes is 1. The summed E-state index contributed by atoms with van der Waals surface area (Å²) in [5.74, 6) is -1.38. The summed E-state index contributed by atoms with van der Waals surface area (Å²) in [6, 6.07) is 0. The van der Waals surface area contributed by atoms with Crippen molar-refractivity contribution in [2.24, 2.45) is 63.1 Å². The van der Waals surface area contributed by atoms with Crippen LogP contribution in [0.15, 0.2) is 24.3 Å². The summed E-state index contributed by atoms with van der Waals surface area (Å²) in [7, 11) is 0. The lowest BCUT2D eigenvalue weighted by molar-refractivity contribution is -0.166. The number of rotatable bonds is 8. The van der Waals surface area contributed by atoms with Gasteiger partial charge in [0.05, 0.1) is 0 Å². The topological polar surface area (TPSA) is 104 Å². The highest BCUT2D eigenvalue weighted by Gasteiger charge is 2.85. The van der Waals surface area contributed by atoms with Gasteiger partial charge in [0.15, 0.2) is 17.7 Å². The maximum absolute atomic E-state index is 13.7. The van der Waals surface area contributed by atoms with Gasteiger partial charge in [0.2, 0.25) is 0 Å². The van der Waals surface area contributed by atoms with Crippen molar-refractivity contribution in [3.8, 4) is 0 Å². The molecule has 0 radical (unpaired) electrons. The quantitative estimate of drug-likeness (QED) is 0.206. The Morgan fingerprint density at radius 3 is 2.31 bits per heavy atom. The van der Waals surface area contributed by atoms with Crippen molar-refractivity contribution in [1.82, 2.24) is 0 Å². The third-order valence-corrected chi connectivity index (χ3v) is 13.7. The molecule has 4 fully saturated rings. The van der Waals surface area contributed by atoms with E-state index in [1.165, 1.54) is 13.8 Å². The number of Topliss-reactive ketones (excluding diaryl/α,β-unsaturated/α-hetero) is 1. The van der Waals surface area contributed by atoms with Crippen molar-refractivity contribution in [2.45, 2.75) is 99.7 Å². The molecular formula is C35H48O7. The van der Waals surface area contributed by atoms with Gasteiger partial charge in [-0.2, -0.15) is 0 Å². The van der Waals surface area contributed by atoms with Crippen LogP contribution in [0, 0.1) is 63.1 Å². The zero-order valence-electron chi connectivity index (χ0n) is 26.5. The molecule has 0 heterocycles. The number of carbonyl (C=O) groups is 5. The van der Waals surface area contributed by atoms with E-state index in [1.807, 2.05) is 13.0 Å². The molecule has 0 amide bonds. The molecule has 0 N–H and O–H groups in total. The van der Waals surface area contributed by atoms with Crippen LogP contribution in [-0.4, -0.2) is 42.0 Å². The Bertz CT molecular complexity index is 1270. The van der Waals surface area contributed by atoms with Crippen LogP contribution in [0.1, 0.15) is 87.5 Å². The summed E-state index contributed by atoms with van der Waals surface area (Å²) in [6.45, 7) is 19.2. The van der Waals surface area contributed by atoms with Gasteiger partial charge < -0.3 is 14.3 Å². The number of carbonyl (C=O) groups excluding carboxylic acids is 5. The van der Waals surface area contributed by atoms with E-state index < -0.39 is 35.8 Å². The van der Waals surface area contributed by atoms with Gasteiger partial charge >= 0.3 is 11.9 Å². The molecule has 7 heteroatoms. The number of hydrogen-bond donors (Lipinski definition) is 0. The second-order valence-corrected chi connectivity index (χ2v) is 14.9. The van der Waals surface area contributed by atoms with Gasteiger partial charge in [0.25, 0.3) is 0 Å². The SMILES string of the molecule is C=C(C(=O)[C@H](OC(C)=O)[C@@H](C)C1[C@@H](OC(C)=O)C[C@@]2(C)[C@@H]3CCC4[C@H](C)C(=O)C=CC45[C@@H](C)[C@@]35CC[C@]12C)C(C)C=O. The van der Waals surface area contributed by atoms with Gasteiger partial charge in [-0.05, 0) is 72.2 Å². The lowest BCUT2D eigenvalue weighted by Gasteiger charge is -2.61. The fraction of sp³-hybridized carbons (Fsp3) is 0.743. The van der Waals surface area contributed by atoms with Crippen molar-refractivity contribution in [2.75, 3.05) is 0 Å². The Balaban J connectivity index is 1.57. The maximum atomic E-state index is 13.7. The van der Waals surface area contributed by atoms with E-state index in [0.29, 0.717) is 30.5 Å². The van der Waals surface area contributed by atoms with Crippen molar-refractivity contribution in [3.63, 3.8) is 0 Å². The first-order chi connectivity index (χ1) is 19.5. The molecule has 0 aromatic heterocycles. The first-order valence-corrected chi connectivity index (χ1v) is 15.8. The standard InChI is InChI=1S/C35H48O7/c1-18(17-36)19(2)30(40)31(42-24(7)38)21(4)29-27(41-23(6)37)16-33(9)28-11-10-25-20(3)26(39)12-13-34(25)22(5)35(28,34)15-14-32(29,33)8/h12-13,17-18,20-22,25,27-29,31H,2,10-11,14-16H2,1,3-9H3/t18?,20-,21-,22+,25?,27-,28-,29?,31+,32+,33-,34?,35-/m0/s1. The molecule has 5 rings (SSSR count). The average molecular weight is 581 g/mol. The fourth-order valence-corrected chi connectivity index (χ4v) is 11.6. The maximum Gasteiger partial charge on any atom is 0.303 e. The van der Waals surface area contributed by atoms with Crippen molar-refractivity contribution in [3.05, 3.63) is 24.3 Å². The van der Waals surface area contributed by atoms with E-state index in [1.54, 1.807) is 6.92 Å². The monoisotopic (exact) mass is 580 g/mol. The fourth-order valence-electron chi connectivity index (χ4n) is 11.6. The second-order valence-electron chi connectivity index (χ2n) is 14.9. The van der Waals surface area contributed by atoms with Crippen LogP contribution in [0.25, 0.3) is 0 Å². The summed E-state index contributed by atoms with van der Waals surface area (Å²) in [6.07, 6.45) is 7.76. The lowest BCUT2D eigenvalue weighted by atomic mass is 9.43. The number of ether oxygens (including phenoxy) is 2. The van der Waals surface area contributed by atoms with Gasteiger partial charge in [0, 0.05) is 48.5 Å². The molecule has 0 bridgehead atoms. The molecule has 230 valence electrons. The number of allylic oxidation sites excluding steroid dienone is 2. The molecule has 7 nitrogen and oxygen atoms in total. The third-order valence-electron chi connectivity index (χ3n) is 13.7. The normalized spacial score (nSPS) is 45.2. The number of ketones is 2. The van der Waals surface area contributed by atoms with Crippen molar-refractivity contribution in [1.29, 1.82) is 0 Å². The molecule has 42 heavy (non-hydrogen) atoms. The van der Waals surface area contributed by atoms with Crippen LogP contribution >= 0.6 is 0 Å². The van der Waals surface area contributed by atoms with E-state index in [4.69, 9.17) is 9.47 Å². The second kappa shape index (κ2) is 9.99. The van der Waals surface area contributed by atoms with E-state index in [9.17, 15) is 24.0 Å². The van der Waals surface area contributed by atoms with Crippen molar-refractivity contribution >= 4 is 29.8 Å². The molecule has 0 aromatic carbocycles. The van der Waals surface area contributed by atoms with Gasteiger partial charge in [-0.3, -0.25) is 19.2 Å². The van der Waals surface area contributed by atoms with Crippen LogP contribution < -0.4 is 0 Å². The zero-order valence-corrected chi connectivity index (χ0v) is 26.5. The first-order valence-electron chi connectivity index (χ1n) is 15.8. The Hall–Kier alpha value is -2.57.